The van der Waals surface area contributed by atoms with Crippen molar-refractivity contribution in [2.24, 2.45) is 0 Å². The van der Waals surface area contributed by atoms with Crippen LogP contribution in [0.2, 0.25) is 5.02 Å². The molecule has 3 rings (SSSR count). The highest BCUT2D eigenvalue weighted by Crippen LogP contribution is 2.19. The van der Waals surface area contributed by atoms with Crippen LogP contribution in [-0.2, 0) is 25.5 Å². The molecule has 2 aromatic carbocycles. The Hall–Kier alpha value is -3.32. The van der Waals surface area contributed by atoms with Gasteiger partial charge in [-0.2, -0.15) is 0 Å². The van der Waals surface area contributed by atoms with Crippen LogP contribution in [0.15, 0.2) is 54.7 Å². The number of hydrogen-bond acceptors (Lipinski definition) is 5. The van der Waals surface area contributed by atoms with Gasteiger partial charge in [0.1, 0.15) is 6.04 Å². The Morgan fingerprint density at radius 3 is 2.55 bits per heavy atom. The third kappa shape index (κ3) is 5.14. The number of amides is 1. The molecule has 8 heteroatoms. The minimum Gasteiger partial charge on any atom is -0.467 e. The van der Waals surface area contributed by atoms with E-state index < -0.39 is 30.5 Å². The first kappa shape index (κ1) is 20.4. The molecule has 0 aliphatic rings. The Bertz CT molecular complexity index is 1030. The molecule has 150 valence electrons. The quantitative estimate of drug-likeness (QED) is 0.579. The molecule has 0 bridgehead atoms. The van der Waals surface area contributed by atoms with E-state index in [-0.39, 0.29) is 12.0 Å². The van der Waals surface area contributed by atoms with Crippen molar-refractivity contribution >= 4 is 40.3 Å². The van der Waals surface area contributed by atoms with E-state index in [4.69, 9.17) is 21.1 Å². The Morgan fingerprint density at radius 2 is 1.83 bits per heavy atom. The molecule has 1 aromatic heterocycles. The van der Waals surface area contributed by atoms with Crippen LogP contribution in [-0.4, -0.2) is 42.6 Å². The van der Waals surface area contributed by atoms with Gasteiger partial charge < -0.3 is 19.8 Å². The molecular formula is C21H19ClN2O5. The molecule has 0 fully saturated rings. The molecule has 0 aliphatic carbocycles. The van der Waals surface area contributed by atoms with Crippen molar-refractivity contribution in [1.82, 2.24) is 10.3 Å². The van der Waals surface area contributed by atoms with E-state index >= 15 is 0 Å². The number of methoxy groups -OCH3 is 1. The number of ether oxygens (including phenoxy) is 2. The number of nitrogens with one attached hydrogen (secondary N) is 2. The van der Waals surface area contributed by atoms with Gasteiger partial charge in [-0.3, -0.25) is 4.79 Å². The fourth-order valence-corrected chi connectivity index (χ4v) is 3.02. The number of aromatic amines is 1. The second-order valence-electron chi connectivity index (χ2n) is 6.29. The van der Waals surface area contributed by atoms with Crippen LogP contribution >= 0.6 is 11.6 Å². The topological polar surface area (TPSA) is 97.5 Å². The standard InChI is InChI=1S/C21H19ClN2O5/c1-28-21(27)18(10-14-11-23-17-5-3-2-4-16(14)17)24-19(25)12-29-20(26)13-6-8-15(22)9-7-13/h2-9,11,18,23H,10,12H2,1H3,(H,24,25)/t18-/m0/s1. The first-order chi connectivity index (χ1) is 14.0. The Kier molecular flexibility index (Phi) is 6.51. The maximum Gasteiger partial charge on any atom is 0.338 e. The third-order valence-corrected chi connectivity index (χ3v) is 4.59. The highest BCUT2D eigenvalue weighted by atomic mass is 35.5. The Morgan fingerprint density at radius 1 is 1.10 bits per heavy atom. The van der Waals surface area contributed by atoms with Crippen LogP contribution < -0.4 is 5.32 Å². The molecule has 0 unspecified atom stereocenters. The number of benzene rings is 2. The number of hydrogen-bond donors (Lipinski definition) is 2. The van der Waals surface area contributed by atoms with Crippen molar-refractivity contribution in [2.45, 2.75) is 12.5 Å². The highest BCUT2D eigenvalue weighted by molar-refractivity contribution is 6.30. The van der Waals surface area contributed by atoms with Gasteiger partial charge in [0.2, 0.25) is 0 Å². The zero-order valence-electron chi connectivity index (χ0n) is 15.6. The van der Waals surface area contributed by atoms with Crippen LogP contribution in [0.25, 0.3) is 10.9 Å². The molecule has 0 saturated heterocycles. The van der Waals surface area contributed by atoms with Crippen molar-refractivity contribution in [3.05, 3.63) is 70.9 Å². The fourth-order valence-electron chi connectivity index (χ4n) is 2.89. The maximum atomic E-state index is 12.2. The lowest BCUT2D eigenvalue weighted by Gasteiger charge is -2.16. The fraction of sp³-hybridized carbons (Fsp3) is 0.190. The molecule has 1 amide bonds. The molecule has 3 aromatic rings. The van der Waals surface area contributed by atoms with Gasteiger partial charge in [-0.15, -0.1) is 0 Å². The van der Waals surface area contributed by atoms with E-state index in [1.807, 2.05) is 24.3 Å². The molecule has 0 spiro atoms. The van der Waals surface area contributed by atoms with Crippen molar-refractivity contribution in [2.75, 3.05) is 13.7 Å². The van der Waals surface area contributed by atoms with Crippen LogP contribution in [0.1, 0.15) is 15.9 Å². The number of aromatic nitrogens is 1. The predicted octanol–water partition coefficient (Wildman–Crippen LogP) is 2.88. The third-order valence-electron chi connectivity index (χ3n) is 4.33. The Balaban J connectivity index is 1.62. The molecule has 0 radical (unpaired) electrons. The number of H-pyrrole nitrogens is 1. The van der Waals surface area contributed by atoms with E-state index in [1.165, 1.54) is 19.2 Å². The van der Waals surface area contributed by atoms with Gasteiger partial charge >= 0.3 is 11.9 Å². The number of para-hydroxylation sites is 1. The Labute approximate surface area is 171 Å². The maximum absolute atomic E-state index is 12.2. The normalized spacial score (nSPS) is 11.7. The van der Waals surface area contributed by atoms with E-state index in [9.17, 15) is 14.4 Å². The van der Waals surface area contributed by atoms with Gasteiger partial charge in [0.05, 0.1) is 12.7 Å². The van der Waals surface area contributed by atoms with Gasteiger partial charge in [-0.1, -0.05) is 29.8 Å². The number of esters is 2. The number of fused-ring (bicyclic) bond motifs is 1. The number of rotatable bonds is 7. The van der Waals surface area contributed by atoms with Crippen LogP contribution in [0.3, 0.4) is 0 Å². The largest absolute Gasteiger partial charge is 0.467 e. The molecule has 7 nitrogen and oxygen atoms in total. The number of carbonyl (C=O) groups is 3. The lowest BCUT2D eigenvalue weighted by atomic mass is 10.0. The molecule has 1 atom stereocenters. The molecule has 1 heterocycles. The van der Waals surface area contributed by atoms with Gasteiger partial charge in [-0.25, -0.2) is 9.59 Å². The second kappa shape index (κ2) is 9.25. The van der Waals surface area contributed by atoms with Gasteiger partial charge in [-0.05, 0) is 35.9 Å². The van der Waals surface area contributed by atoms with Crippen LogP contribution in [0, 0.1) is 0 Å². The summed E-state index contributed by atoms with van der Waals surface area (Å²) < 4.78 is 9.79. The number of halogens is 1. The molecule has 0 aliphatic heterocycles. The average Bonchev–Trinajstić information content (AvgIpc) is 3.14. The van der Waals surface area contributed by atoms with Crippen molar-refractivity contribution in [3.63, 3.8) is 0 Å². The van der Waals surface area contributed by atoms with Gasteiger partial charge in [0.25, 0.3) is 5.91 Å². The molecule has 0 saturated carbocycles. The monoisotopic (exact) mass is 414 g/mol. The van der Waals surface area contributed by atoms with Gasteiger partial charge in [0.15, 0.2) is 6.61 Å². The van der Waals surface area contributed by atoms with Crippen LogP contribution in [0.4, 0.5) is 0 Å². The summed E-state index contributed by atoms with van der Waals surface area (Å²) in [6, 6.07) is 12.8. The van der Waals surface area contributed by atoms with Crippen molar-refractivity contribution < 1.29 is 23.9 Å². The van der Waals surface area contributed by atoms with E-state index in [0.29, 0.717) is 5.02 Å². The van der Waals surface area contributed by atoms with E-state index in [0.717, 1.165) is 16.5 Å². The summed E-state index contributed by atoms with van der Waals surface area (Å²) >= 11 is 5.78. The summed E-state index contributed by atoms with van der Waals surface area (Å²) in [4.78, 5) is 39.5. The van der Waals surface area contributed by atoms with E-state index in [1.54, 1.807) is 18.3 Å². The lowest BCUT2D eigenvalue weighted by molar-refractivity contribution is -0.145. The SMILES string of the molecule is COC(=O)[C@H](Cc1c[nH]c2ccccc12)NC(=O)COC(=O)c1ccc(Cl)cc1. The summed E-state index contributed by atoms with van der Waals surface area (Å²) in [7, 11) is 1.25. The first-order valence-corrected chi connectivity index (χ1v) is 9.20. The summed E-state index contributed by atoms with van der Waals surface area (Å²) in [6.07, 6.45) is 2.01. The number of carbonyl (C=O) groups excluding carboxylic acids is 3. The summed E-state index contributed by atoms with van der Waals surface area (Å²) in [5, 5.41) is 3.99. The predicted molar refractivity (Wildman–Crippen MR) is 108 cm³/mol. The van der Waals surface area contributed by atoms with E-state index in [2.05, 4.69) is 10.3 Å². The van der Waals surface area contributed by atoms with Crippen molar-refractivity contribution in [3.8, 4) is 0 Å². The summed E-state index contributed by atoms with van der Waals surface area (Å²) in [5.41, 5.74) is 2.05. The smallest absolute Gasteiger partial charge is 0.338 e. The average molecular weight is 415 g/mol. The van der Waals surface area contributed by atoms with Gasteiger partial charge in [0, 0.05) is 28.5 Å². The summed E-state index contributed by atoms with van der Waals surface area (Å²) in [6.45, 7) is -0.525. The minimum absolute atomic E-state index is 0.230. The highest BCUT2D eigenvalue weighted by Gasteiger charge is 2.24. The lowest BCUT2D eigenvalue weighted by Crippen LogP contribution is -2.44. The van der Waals surface area contributed by atoms with Crippen molar-refractivity contribution in [1.29, 1.82) is 0 Å². The minimum atomic E-state index is -0.916. The second-order valence-corrected chi connectivity index (χ2v) is 6.73. The molecule has 29 heavy (non-hydrogen) atoms. The molecular weight excluding hydrogens is 396 g/mol. The molecule has 2 N–H and O–H groups in total. The summed E-state index contributed by atoms with van der Waals surface area (Å²) in [5.74, 6) is -1.86. The zero-order chi connectivity index (χ0) is 20.8. The first-order valence-electron chi connectivity index (χ1n) is 8.83. The van der Waals surface area contributed by atoms with Crippen LogP contribution in [0.5, 0.6) is 0 Å². The zero-order valence-corrected chi connectivity index (χ0v) is 16.4.